The third-order valence-corrected chi connectivity index (χ3v) is 4.00. The van der Waals surface area contributed by atoms with E-state index in [-0.39, 0.29) is 6.10 Å². The molecule has 2 heteroatoms. The lowest BCUT2D eigenvalue weighted by molar-refractivity contribution is 0.134. The van der Waals surface area contributed by atoms with Gasteiger partial charge in [0.2, 0.25) is 0 Å². The summed E-state index contributed by atoms with van der Waals surface area (Å²) in [4.78, 5) is 0. The van der Waals surface area contributed by atoms with Gasteiger partial charge in [0.25, 0.3) is 0 Å². The molecular weight excluding hydrogens is 200 g/mol. The highest BCUT2D eigenvalue weighted by molar-refractivity contribution is 5.18. The average molecular weight is 220 g/mol. The van der Waals surface area contributed by atoms with Gasteiger partial charge in [0.1, 0.15) is 17.6 Å². The molecule has 0 bridgehead atoms. The van der Waals surface area contributed by atoms with Gasteiger partial charge in [-0.3, -0.25) is 0 Å². The third kappa shape index (κ3) is 2.17. The van der Waals surface area contributed by atoms with Crippen molar-refractivity contribution in [2.45, 2.75) is 51.0 Å². The minimum absolute atomic E-state index is 0.386. The predicted octanol–water partition coefficient (Wildman–Crippen LogP) is 3.63. The van der Waals surface area contributed by atoms with Crippen LogP contribution in [0.5, 0.6) is 0 Å². The van der Waals surface area contributed by atoms with Gasteiger partial charge in [-0.1, -0.05) is 19.8 Å². The lowest BCUT2D eigenvalue weighted by Crippen LogP contribution is -1.95. The van der Waals surface area contributed by atoms with E-state index in [4.69, 9.17) is 4.42 Å². The molecule has 0 aliphatic heterocycles. The normalized spacial score (nSPS) is 30.4. The molecular formula is C14H20O2. The molecule has 0 amide bonds. The van der Waals surface area contributed by atoms with Crippen molar-refractivity contribution in [3.8, 4) is 0 Å². The molecule has 3 rings (SSSR count). The Kier molecular flexibility index (Phi) is 2.55. The van der Waals surface area contributed by atoms with Crippen molar-refractivity contribution in [3.05, 3.63) is 23.7 Å². The maximum atomic E-state index is 9.98. The van der Waals surface area contributed by atoms with Gasteiger partial charge in [0, 0.05) is 5.92 Å². The fourth-order valence-electron chi connectivity index (χ4n) is 2.41. The molecule has 1 heterocycles. The van der Waals surface area contributed by atoms with E-state index >= 15 is 0 Å². The van der Waals surface area contributed by atoms with E-state index in [1.807, 2.05) is 12.1 Å². The molecule has 2 aliphatic carbocycles. The van der Waals surface area contributed by atoms with E-state index in [0.29, 0.717) is 5.92 Å². The van der Waals surface area contributed by atoms with Crippen molar-refractivity contribution in [1.82, 2.24) is 0 Å². The maximum Gasteiger partial charge on any atom is 0.132 e. The highest BCUT2D eigenvalue weighted by Crippen LogP contribution is 2.47. The summed E-state index contributed by atoms with van der Waals surface area (Å²) in [5.41, 5.74) is 0. The topological polar surface area (TPSA) is 33.4 Å². The van der Waals surface area contributed by atoms with E-state index in [2.05, 4.69) is 6.92 Å². The Morgan fingerprint density at radius 2 is 2.19 bits per heavy atom. The van der Waals surface area contributed by atoms with Crippen LogP contribution < -0.4 is 0 Å². The standard InChI is InChI=1S/C14H20O2/c1-9-8-11(9)13-6-7-14(16-13)12(15)5-4-10-2-3-10/h6-7,9-12,15H,2-5,8H2,1H3. The summed E-state index contributed by atoms with van der Waals surface area (Å²) in [5.74, 6) is 4.11. The fourth-order valence-corrected chi connectivity index (χ4v) is 2.41. The first-order chi connectivity index (χ1) is 7.74. The lowest BCUT2D eigenvalue weighted by Gasteiger charge is -2.06. The number of hydrogen-bond acceptors (Lipinski definition) is 2. The summed E-state index contributed by atoms with van der Waals surface area (Å²) < 4.78 is 5.74. The van der Waals surface area contributed by atoms with E-state index < -0.39 is 0 Å². The largest absolute Gasteiger partial charge is 0.463 e. The van der Waals surface area contributed by atoms with Crippen molar-refractivity contribution in [1.29, 1.82) is 0 Å². The summed E-state index contributed by atoms with van der Waals surface area (Å²) in [7, 11) is 0. The second kappa shape index (κ2) is 3.92. The molecule has 16 heavy (non-hydrogen) atoms. The van der Waals surface area contributed by atoms with Crippen LogP contribution in [0.2, 0.25) is 0 Å². The zero-order chi connectivity index (χ0) is 11.1. The zero-order valence-corrected chi connectivity index (χ0v) is 9.86. The van der Waals surface area contributed by atoms with Gasteiger partial charge >= 0.3 is 0 Å². The quantitative estimate of drug-likeness (QED) is 0.822. The first-order valence-electron chi connectivity index (χ1n) is 6.51. The summed E-state index contributed by atoms with van der Waals surface area (Å²) in [6, 6.07) is 4.00. The first-order valence-corrected chi connectivity index (χ1v) is 6.51. The van der Waals surface area contributed by atoms with Crippen molar-refractivity contribution >= 4 is 0 Å². The Morgan fingerprint density at radius 1 is 1.44 bits per heavy atom. The predicted molar refractivity (Wildman–Crippen MR) is 62.1 cm³/mol. The van der Waals surface area contributed by atoms with Crippen LogP contribution in [0, 0.1) is 11.8 Å². The molecule has 0 saturated heterocycles. The fraction of sp³-hybridized carbons (Fsp3) is 0.714. The van der Waals surface area contributed by atoms with Crippen LogP contribution >= 0.6 is 0 Å². The van der Waals surface area contributed by atoms with E-state index in [9.17, 15) is 5.11 Å². The molecule has 3 unspecified atom stereocenters. The molecule has 0 spiro atoms. The Bertz CT molecular complexity index is 365. The summed E-state index contributed by atoms with van der Waals surface area (Å²) in [6.45, 7) is 2.25. The number of aliphatic hydroxyl groups is 1. The van der Waals surface area contributed by atoms with Crippen LogP contribution in [0.15, 0.2) is 16.5 Å². The number of hydrogen-bond donors (Lipinski definition) is 1. The SMILES string of the molecule is CC1CC1c1ccc(C(O)CCC2CC2)o1. The van der Waals surface area contributed by atoms with Crippen molar-refractivity contribution in [2.75, 3.05) is 0 Å². The van der Waals surface area contributed by atoms with E-state index in [1.54, 1.807) is 0 Å². The molecule has 2 fully saturated rings. The lowest BCUT2D eigenvalue weighted by atomic mass is 10.1. The molecule has 1 aromatic heterocycles. The minimum Gasteiger partial charge on any atom is -0.463 e. The summed E-state index contributed by atoms with van der Waals surface area (Å²) >= 11 is 0. The molecule has 2 aliphatic rings. The molecule has 1 N–H and O–H groups in total. The number of aliphatic hydroxyl groups excluding tert-OH is 1. The van der Waals surface area contributed by atoms with Crippen LogP contribution in [-0.4, -0.2) is 5.11 Å². The molecule has 0 aromatic carbocycles. The molecule has 1 aromatic rings. The zero-order valence-electron chi connectivity index (χ0n) is 9.86. The second-order valence-corrected chi connectivity index (χ2v) is 5.60. The van der Waals surface area contributed by atoms with Crippen molar-refractivity contribution in [3.63, 3.8) is 0 Å². The number of furan rings is 1. The van der Waals surface area contributed by atoms with Crippen molar-refractivity contribution in [2.24, 2.45) is 11.8 Å². The summed E-state index contributed by atoms with van der Waals surface area (Å²) in [5, 5.41) is 9.98. The van der Waals surface area contributed by atoms with Gasteiger partial charge in [0.05, 0.1) is 0 Å². The van der Waals surface area contributed by atoms with Gasteiger partial charge in [-0.2, -0.15) is 0 Å². The highest BCUT2D eigenvalue weighted by Gasteiger charge is 2.37. The Morgan fingerprint density at radius 3 is 2.81 bits per heavy atom. The van der Waals surface area contributed by atoms with E-state index in [1.165, 1.54) is 19.3 Å². The average Bonchev–Trinajstić information content (AvgIpc) is 3.17. The molecule has 3 atom stereocenters. The molecule has 88 valence electrons. The van der Waals surface area contributed by atoms with Crippen LogP contribution in [0.1, 0.15) is 62.6 Å². The van der Waals surface area contributed by atoms with Gasteiger partial charge in [0.15, 0.2) is 0 Å². The Labute approximate surface area is 96.7 Å². The molecule has 0 radical (unpaired) electrons. The van der Waals surface area contributed by atoms with Crippen LogP contribution in [0.4, 0.5) is 0 Å². The van der Waals surface area contributed by atoms with Gasteiger partial charge in [-0.25, -0.2) is 0 Å². The van der Waals surface area contributed by atoms with E-state index in [0.717, 1.165) is 36.2 Å². The van der Waals surface area contributed by atoms with Crippen LogP contribution in [0.25, 0.3) is 0 Å². The first kappa shape index (κ1) is 10.4. The van der Waals surface area contributed by atoms with Gasteiger partial charge in [-0.15, -0.1) is 0 Å². The van der Waals surface area contributed by atoms with Crippen LogP contribution in [-0.2, 0) is 0 Å². The van der Waals surface area contributed by atoms with Crippen molar-refractivity contribution < 1.29 is 9.52 Å². The number of rotatable bonds is 5. The molecule has 2 nitrogen and oxygen atoms in total. The van der Waals surface area contributed by atoms with Gasteiger partial charge < -0.3 is 9.52 Å². The summed E-state index contributed by atoms with van der Waals surface area (Å²) in [6.07, 6.45) is 5.58. The maximum absolute atomic E-state index is 9.98. The van der Waals surface area contributed by atoms with Crippen LogP contribution in [0.3, 0.4) is 0 Å². The Hall–Kier alpha value is -0.760. The monoisotopic (exact) mass is 220 g/mol. The third-order valence-electron chi connectivity index (χ3n) is 4.00. The minimum atomic E-state index is -0.386. The highest BCUT2D eigenvalue weighted by atomic mass is 16.4. The van der Waals surface area contributed by atoms with Gasteiger partial charge in [-0.05, 0) is 43.2 Å². The second-order valence-electron chi connectivity index (χ2n) is 5.60. The Balaban J connectivity index is 1.57. The smallest absolute Gasteiger partial charge is 0.132 e. The molecule has 2 saturated carbocycles.